The van der Waals surface area contributed by atoms with Gasteiger partial charge < -0.3 is 20.8 Å². The molecular weight excluding hydrogens is 380 g/mol. The molecule has 2 aromatic carbocycles. The summed E-state index contributed by atoms with van der Waals surface area (Å²) >= 11 is 0. The number of hydrogen-bond acceptors (Lipinski definition) is 4. The zero-order valence-electron chi connectivity index (χ0n) is 17.1. The molecule has 2 atom stereocenters. The normalized spacial score (nSPS) is 16.9. The van der Waals surface area contributed by atoms with Crippen molar-refractivity contribution in [3.8, 4) is 0 Å². The van der Waals surface area contributed by atoms with Crippen LogP contribution in [0.15, 0.2) is 60.7 Å². The van der Waals surface area contributed by atoms with Gasteiger partial charge in [0.2, 0.25) is 11.8 Å². The summed E-state index contributed by atoms with van der Waals surface area (Å²) in [5.41, 5.74) is 6.34. The van der Waals surface area contributed by atoms with Crippen LogP contribution in [0.25, 0.3) is 0 Å². The van der Waals surface area contributed by atoms with Gasteiger partial charge in [0.15, 0.2) is 0 Å². The largest absolute Gasteiger partial charge is 0.394 e. The zero-order chi connectivity index (χ0) is 21.6. The van der Waals surface area contributed by atoms with Crippen LogP contribution in [0.2, 0.25) is 0 Å². The second kappa shape index (κ2) is 9.87. The molecular formula is C24H30N2O4. The summed E-state index contributed by atoms with van der Waals surface area (Å²) in [5.74, 6) is -1.01. The molecule has 2 aromatic rings. The highest BCUT2D eigenvalue weighted by Crippen LogP contribution is 2.43. The molecule has 0 spiro atoms. The summed E-state index contributed by atoms with van der Waals surface area (Å²) in [6, 6.07) is 18.0. The molecule has 6 nitrogen and oxygen atoms in total. The van der Waals surface area contributed by atoms with Gasteiger partial charge in [-0.05, 0) is 36.8 Å². The second-order valence-electron chi connectivity index (χ2n) is 8.06. The average molecular weight is 411 g/mol. The van der Waals surface area contributed by atoms with Crippen molar-refractivity contribution in [2.24, 2.45) is 11.1 Å². The Balaban J connectivity index is 1.95. The third-order valence-electron chi connectivity index (χ3n) is 6.16. The van der Waals surface area contributed by atoms with E-state index in [9.17, 15) is 19.8 Å². The molecule has 3 rings (SSSR count). The molecule has 1 aliphatic rings. The Morgan fingerprint density at radius 3 is 1.60 bits per heavy atom. The van der Waals surface area contributed by atoms with Crippen LogP contribution in [-0.4, -0.2) is 52.2 Å². The molecule has 1 aliphatic carbocycles. The first-order chi connectivity index (χ1) is 14.5. The van der Waals surface area contributed by atoms with E-state index in [0.29, 0.717) is 25.7 Å². The molecule has 0 saturated heterocycles. The maximum Gasteiger partial charge on any atom is 0.238 e. The van der Waals surface area contributed by atoms with Gasteiger partial charge in [-0.25, -0.2) is 0 Å². The van der Waals surface area contributed by atoms with Gasteiger partial charge in [-0.15, -0.1) is 0 Å². The molecule has 30 heavy (non-hydrogen) atoms. The van der Waals surface area contributed by atoms with Crippen LogP contribution in [0.5, 0.6) is 0 Å². The monoisotopic (exact) mass is 410 g/mol. The van der Waals surface area contributed by atoms with Crippen molar-refractivity contribution >= 4 is 11.8 Å². The number of rotatable bonds is 10. The quantitative estimate of drug-likeness (QED) is 0.519. The van der Waals surface area contributed by atoms with Crippen molar-refractivity contribution in [2.45, 2.75) is 44.2 Å². The Bertz CT molecular complexity index is 787. The van der Waals surface area contributed by atoms with Crippen LogP contribution in [0.3, 0.4) is 0 Å². The first kappa shape index (κ1) is 22.0. The lowest BCUT2D eigenvalue weighted by Gasteiger charge is -2.46. The smallest absolute Gasteiger partial charge is 0.238 e. The minimum atomic E-state index is -1.24. The number of benzene rings is 2. The van der Waals surface area contributed by atoms with Gasteiger partial charge in [0.1, 0.15) is 5.41 Å². The van der Waals surface area contributed by atoms with Crippen LogP contribution in [0, 0.1) is 5.41 Å². The van der Waals surface area contributed by atoms with E-state index in [-0.39, 0.29) is 19.1 Å². The number of aliphatic hydroxyl groups is 2. The molecule has 160 valence electrons. The number of carbonyl (C=O) groups excluding carboxylic acids is 2. The molecule has 0 unspecified atom stereocenters. The second-order valence-corrected chi connectivity index (χ2v) is 8.06. The van der Waals surface area contributed by atoms with E-state index < -0.39 is 23.4 Å². The van der Waals surface area contributed by atoms with E-state index in [0.717, 1.165) is 17.5 Å². The maximum absolute atomic E-state index is 13.7. The topological polar surface area (TPSA) is 104 Å². The predicted molar refractivity (Wildman–Crippen MR) is 114 cm³/mol. The van der Waals surface area contributed by atoms with E-state index in [1.165, 1.54) is 4.90 Å². The summed E-state index contributed by atoms with van der Waals surface area (Å²) in [6.07, 6.45) is 2.41. The van der Waals surface area contributed by atoms with E-state index in [1.807, 2.05) is 60.7 Å². The fourth-order valence-corrected chi connectivity index (χ4v) is 4.25. The lowest BCUT2D eigenvalue weighted by atomic mass is 9.66. The summed E-state index contributed by atoms with van der Waals surface area (Å²) in [4.78, 5) is 27.4. The Labute approximate surface area is 177 Å². The summed E-state index contributed by atoms with van der Waals surface area (Å²) < 4.78 is 0. The predicted octanol–water partition coefficient (Wildman–Crippen LogP) is 1.68. The summed E-state index contributed by atoms with van der Waals surface area (Å²) in [6.45, 7) is -0.554. The van der Waals surface area contributed by atoms with Crippen LogP contribution in [0.1, 0.15) is 30.4 Å². The maximum atomic E-state index is 13.7. The highest BCUT2D eigenvalue weighted by molar-refractivity contribution is 6.05. The Hall–Kier alpha value is -2.70. The van der Waals surface area contributed by atoms with Crippen molar-refractivity contribution in [1.82, 2.24) is 4.90 Å². The van der Waals surface area contributed by atoms with E-state index in [1.54, 1.807) is 0 Å². The Kier molecular flexibility index (Phi) is 7.24. The zero-order valence-corrected chi connectivity index (χ0v) is 17.1. The molecule has 2 amide bonds. The van der Waals surface area contributed by atoms with Crippen molar-refractivity contribution < 1.29 is 19.8 Å². The van der Waals surface area contributed by atoms with Crippen LogP contribution < -0.4 is 5.73 Å². The number of amides is 2. The van der Waals surface area contributed by atoms with Crippen molar-refractivity contribution in [3.05, 3.63) is 71.8 Å². The first-order valence-corrected chi connectivity index (χ1v) is 10.4. The van der Waals surface area contributed by atoms with Crippen molar-refractivity contribution in [2.75, 3.05) is 13.2 Å². The van der Waals surface area contributed by atoms with Crippen molar-refractivity contribution in [3.63, 3.8) is 0 Å². The number of primary amides is 1. The average Bonchev–Trinajstić information content (AvgIpc) is 2.72. The van der Waals surface area contributed by atoms with Gasteiger partial charge in [-0.2, -0.15) is 0 Å². The molecule has 1 fully saturated rings. The summed E-state index contributed by atoms with van der Waals surface area (Å²) in [7, 11) is 0. The third kappa shape index (κ3) is 4.55. The Morgan fingerprint density at radius 2 is 1.30 bits per heavy atom. The minimum Gasteiger partial charge on any atom is -0.394 e. The van der Waals surface area contributed by atoms with E-state index in [4.69, 9.17) is 5.73 Å². The third-order valence-corrected chi connectivity index (χ3v) is 6.16. The van der Waals surface area contributed by atoms with E-state index in [2.05, 4.69) is 0 Å². The number of hydrogen-bond donors (Lipinski definition) is 3. The molecule has 0 heterocycles. The molecule has 0 bridgehead atoms. The van der Waals surface area contributed by atoms with Gasteiger partial charge in [0.25, 0.3) is 0 Å². The fraction of sp³-hybridized carbons (Fsp3) is 0.417. The lowest BCUT2D eigenvalue weighted by Crippen LogP contribution is -2.62. The van der Waals surface area contributed by atoms with Gasteiger partial charge in [0, 0.05) is 0 Å². The molecule has 0 aromatic heterocycles. The highest BCUT2D eigenvalue weighted by Gasteiger charge is 2.53. The standard InChI is InChI=1S/C24H30N2O4/c25-22(29)24(12-7-13-24)23(30)26(20(16-27)14-18-8-3-1-4-9-18)21(17-28)15-19-10-5-2-6-11-19/h1-6,8-11,20-21,27-28H,7,12-17H2,(H2,25,29)/t20-,21-/m1/s1. The van der Waals surface area contributed by atoms with Gasteiger partial charge >= 0.3 is 0 Å². The molecule has 4 N–H and O–H groups in total. The molecule has 0 aliphatic heterocycles. The highest BCUT2D eigenvalue weighted by atomic mass is 16.3. The SMILES string of the molecule is NC(=O)C1(C(=O)N([C@@H](CO)Cc2ccccc2)[C@@H](CO)Cc2ccccc2)CCC1. The number of aliphatic hydroxyl groups excluding tert-OH is 2. The number of nitrogens with zero attached hydrogens (tertiary/aromatic N) is 1. The van der Waals surface area contributed by atoms with Gasteiger partial charge in [0.05, 0.1) is 25.3 Å². The van der Waals surface area contributed by atoms with E-state index >= 15 is 0 Å². The fourth-order valence-electron chi connectivity index (χ4n) is 4.25. The summed E-state index contributed by atoms with van der Waals surface area (Å²) in [5, 5.41) is 20.4. The van der Waals surface area contributed by atoms with Crippen LogP contribution in [-0.2, 0) is 22.4 Å². The van der Waals surface area contributed by atoms with Crippen molar-refractivity contribution in [1.29, 1.82) is 0 Å². The minimum absolute atomic E-state index is 0.277. The van der Waals surface area contributed by atoms with Gasteiger partial charge in [-0.3, -0.25) is 9.59 Å². The van der Waals surface area contributed by atoms with Crippen LogP contribution >= 0.6 is 0 Å². The number of carbonyl (C=O) groups is 2. The molecule has 1 saturated carbocycles. The molecule has 6 heteroatoms. The lowest BCUT2D eigenvalue weighted by molar-refractivity contribution is -0.161. The molecule has 0 radical (unpaired) electrons. The number of nitrogens with two attached hydrogens (primary N) is 1. The Morgan fingerprint density at radius 1 is 0.867 bits per heavy atom. The van der Waals surface area contributed by atoms with Gasteiger partial charge in [-0.1, -0.05) is 67.1 Å². The first-order valence-electron chi connectivity index (χ1n) is 10.4. The van der Waals surface area contributed by atoms with Crippen LogP contribution in [0.4, 0.5) is 0 Å².